The molecular formula is C15H16BNO3. The molecule has 0 fully saturated rings. The van der Waals surface area contributed by atoms with Crippen LogP contribution in [0.4, 0.5) is 5.69 Å². The van der Waals surface area contributed by atoms with E-state index in [0.717, 1.165) is 12.0 Å². The maximum atomic E-state index is 12.0. The van der Waals surface area contributed by atoms with Gasteiger partial charge in [0.2, 0.25) is 0 Å². The fourth-order valence-electron chi connectivity index (χ4n) is 2.07. The van der Waals surface area contributed by atoms with Crippen molar-refractivity contribution in [2.24, 2.45) is 0 Å². The van der Waals surface area contributed by atoms with Crippen LogP contribution in [-0.4, -0.2) is 24.7 Å². The molecule has 0 saturated heterocycles. The van der Waals surface area contributed by atoms with E-state index in [1.807, 2.05) is 12.1 Å². The SMILES string of the molecule is C=C/C=C(\C=C)C(=O)Nc1ccc2c(c1)B(O)OCC2. The minimum atomic E-state index is -0.932. The summed E-state index contributed by atoms with van der Waals surface area (Å²) in [6.45, 7) is 7.64. The van der Waals surface area contributed by atoms with Crippen LogP contribution in [0.2, 0.25) is 0 Å². The van der Waals surface area contributed by atoms with E-state index in [0.29, 0.717) is 23.3 Å². The van der Waals surface area contributed by atoms with E-state index < -0.39 is 7.12 Å². The molecule has 2 N–H and O–H groups in total. The third-order valence-corrected chi connectivity index (χ3v) is 3.10. The number of rotatable bonds is 4. The highest BCUT2D eigenvalue weighted by atomic mass is 16.5. The Morgan fingerprint density at radius 3 is 2.95 bits per heavy atom. The Labute approximate surface area is 118 Å². The molecule has 1 aromatic carbocycles. The average Bonchev–Trinajstić information content (AvgIpc) is 2.45. The van der Waals surface area contributed by atoms with Gasteiger partial charge in [-0.25, -0.2) is 0 Å². The number of carbonyl (C=O) groups is 1. The Morgan fingerprint density at radius 1 is 1.45 bits per heavy atom. The Bertz CT molecular complexity index is 580. The zero-order valence-electron chi connectivity index (χ0n) is 11.1. The molecule has 1 aromatic rings. The Balaban J connectivity index is 2.20. The van der Waals surface area contributed by atoms with Crippen LogP contribution in [-0.2, 0) is 15.9 Å². The lowest BCUT2D eigenvalue weighted by molar-refractivity contribution is -0.112. The molecule has 1 aliphatic heterocycles. The average molecular weight is 269 g/mol. The third kappa shape index (κ3) is 3.07. The summed E-state index contributed by atoms with van der Waals surface area (Å²) in [6, 6.07) is 5.43. The smallest absolute Gasteiger partial charge is 0.423 e. The normalized spacial score (nSPS) is 14.4. The molecule has 0 unspecified atom stereocenters. The van der Waals surface area contributed by atoms with Crippen molar-refractivity contribution in [1.82, 2.24) is 0 Å². The number of fused-ring (bicyclic) bond motifs is 1. The molecule has 0 saturated carbocycles. The lowest BCUT2D eigenvalue weighted by Crippen LogP contribution is -2.41. The molecule has 5 heteroatoms. The molecule has 102 valence electrons. The Hall–Kier alpha value is -2.11. The van der Waals surface area contributed by atoms with Gasteiger partial charge in [-0.15, -0.1) is 0 Å². The Morgan fingerprint density at radius 2 is 2.25 bits per heavy atom. The predicted octanol–water partition coefficient (Wildman–Crippen LogP) is 1.18. The summed E-state index contributed by atoms with van der Waals surface area (Å²) in [7, 11) is -0.932. The molecule has 20 heavy (non-hydrogen) atoms. The summed E-state index contributed by atoms with van der Waals surface area (Å²) < 4.78 is 5.17. The van der Waals surface area contributed by atoms with Gasteiger partial charge in [-0.3, -0.25) is 4.79 Å². The third-order valence-electron chi connectivity index (χ3n) is 3.10. The van der Waals surface area contributed by atoms with E-state index in [9.17, 15) is 9.82 Å². The topological polar surface area (TPSA) is 58.6 Å². The molecule has 1 heterocycles. The maximum absolute atomic E-state index is 12.0. The highest BCUT2D eigenvalue weighted by molar-refractivity contribution is 6.61. The van der Waals surface area contributed by atoms with E-state index in [2.05, 4.69) is 18.5 Å². The summed E-state index contributed by atoms with van der Waals surface area (Å²) in [4.78, 5) is 12.0. The number of amides is 1. The highest BCUT2D eigenvalue weighted by Gasteiger charge is 2.25. The fourth-order valence-corrected chi connectivity index (χ4v) is 2.07. The lowest BCUT2D eigenvalue weighted by Gasteiger charge is -2.19. The van der Waals surface area contributed by atoms with Gasteiger partial charge in [0, 0.05) is 17.9 Å². The summed E-state index contributed by atoms with van der Waals surface area (Å²) in [5, 5.41) is 12.5. The molecule has 1 aliphatic rings. The van der Waals surface area contributed by atoms with Crippen molar-refractivity contribution in [2.75, 3.05) is 11.9 Å². The molecule has 0 aromatic heterocycles. The van der Waals surface area contributed by atoms with Crippen molar-refractivity contribution in [3.8, 4) is 0 Å². The number of allylic oxidation sites excluding steroid dienone is 2. The van der Waals surface area contributed by atoms with Gasteiger partial charge in [0.05, 0.1) is 0 Å². The van der Waals surface area contributed by atoms with Crippen LogP contribution >= 0.6 is 0 Å². The van der Waals surface area contributed by atoms with E-state index >= 15 is 0 Å². The maximum Gasteiger partial charge on any atom is 0.491 e. The number of nitrogens with one attached hydrogen (secondary N) is 1. The van der Waals surface area contributed by atoms with Crippen molar-refractivity contribution in [1.29, 1.82) is 0 Å². The fraction of sp³-hybridized carbons (Fsp3) is 0.133. The second-order valence-corrected chi connectivity index (χ2v) is 4.40. The summed E-state index contributed by atoms with van der Waals surface area (Å²) in [6.07, 6.45) is 5.34. The van der Waals surface area contributed by atoms with Crippen LogP contribution in [0.15, 0.2) is 55.2 Å². The molecule has 0 bridgehead atoms. The van der Waals surface area contributed by atoms with Gasteiger partial charge in [0.25, 0.3) is 5.91 Å². The number of carbonyl (C=O) groups excluding carboxylic acids is 1. The second-order valence-electron chi connectivity index (χ2n) is 4.40. The highest BCUT2D eigenvalue weighted by Crippen LogP contribution is 2.13. The minimum absolute atomic E-state index is 0.272. The minimum Gasteiger partial charge on any atom is -0.423 e. The predicted molar refractivity (Wildman–Crippen MR) is 80.8 cm³/mol. The van der Waals surface area contributed by atoms with Crippen molar-refractivity contribution < 1.29 is 14.5 Å². The van der Waals surface area contributed by atoms with Crippen molar-refractivity contribution in [3.05, 3.63) is 60.7 Å². The van der Waals surface area contributed by atoms with Crippen molar-refractivity contribution >= 4 is 24.2 Å². The van der Waals surface area contributed by atoms with Crippen LogP contribution in [0.25, 0.3) is 0 Å². The van der Waals surface area contributed by atoms with Gasteiger partial charge in [-0.05, 0) is 29.6 Å². The number of hydrogen-bond donors (Lipinski definition) is 2. The molecule has 0 atom stereocenters. The summed E-state index contributed by atoms with van der Waals surface area (Å²) in [5.74, 6) is -0.272. The van der Waals surface area contributed by atoms with Gasteiger partial charge >= 0.3 is 7.12 Å². The van der Waals surface area contributed by atoms with E-state index in [1.54, 1.807) is 12.1 Å². The Kier molecular flexibility index (Phi) is 4.55. The first-order valence-electron chi connectivity index (χ1n) is 6.34. The van der Waals surface area contributed by atoms with Gasteiger partial charge in [0.15, 0.2) is 0 Å². The van der Waals surface area contributed by atoms with Crippen molar-refractivity contribution in [2.45, 2.75) is 6.42 Å². The number of anilines is 1. The van der Waals surface area contributed by atoms with Gasteiger partial charge in [0.1, 0.15) is 0 Å². The first-order chi connectivity index (χ1) is 9.65. The first-order valence-corrected chi connectivity index (χ1v) is 6.34. The summed E-state index contributed by atoms with van der Waals surface area (Å²) in [5.41, 5.74) is 2.76. The van der Waals surface area contributed by atoms with Gasteiger partial charge in [-0.2, -0.15) is 0 Å². The largest absolute Gasteiger partial charge is 0.491 e. The molecule has 0 radical (unpaired) electrons. The zero-order valence-corrected chi connectivity index (χ0v) is 11.1. The lowest BCUT2D eigenvalue weighted by atomic mass is 9.73. The molecule has 0 aliphatic carbocycles. The van der Waals surface area contributed by atoms with Gasteiger partial charge in [-0.1, -0.05) is 37.5 Å². The molecule has 1 amide bonds. The van der Waals surface area contributed by atoms with Crippen molar-refractivity contribution in [3.63, 3.8) is 0 Å². The molecule has 2 rings (SSSR count). The van der Waals surface area contributed by atoms with Crippen LogP contribution in [0.5, 0.6) is 0 Å². The van der Waals surface area contributed by atoms with Gasteiger partial charge < -0.3 is 15.0 Å². The quantitative estimate of drug-likeness (QED) is 0.490. The van der Waals surface area contributed by atoms with E-state index in [4.69, 9.17) is 4.65 Å². The number of benzene rings is 1. The van der Waals surface area contributed by atoms with E-state index in [-0.39, 0.29) is 5.91 Å². The van der Waals surface area contributed by atoms with Crippen LogP contribution < -0.4 is 10.8 Å². The zero-order chi connectivity index (χ0) is 14.5. The molecular weight excluding hydrogens is 253 g/mol. The molecule has 0 spiro atoms. The summed E-state index contributed by atoms with van der Waals surface area (Å²) >= 11 is 0. The number of hydrogen-bond acceptors (Lipinski definition) is 3. The van der Waals surface area contributed by atoms with Crippen LogP contribution in [0.3, 0.4) is 0 Å². The first kappa shape index (κ1) is 14.3. The molecule has 4 nitrogen and oxygen atoms in total. The van der Waals surface area contributed by atoms with Crippen LogP contribution in [0.1, 0.15) is 5.56 Å². The van der Waals surface area contributed by atoms with E-state index in [1.165, 1.54) is 12.2 Å². The second kappa shape index (κ2) is 6.37. The standard InChI is InChI=1S/C15H16BNO3/c1-3-5-11(4-2)15(18)17-13-7-6-12-8-9-20-16(19)14(12)10-13/h3-7,10,19H,1-2,8-9H2,(H,17,18)/b11-5+. The monoisotopic (exact) mass is 269 g/mol. The van der Waals surface area contributed by atoms with Crippen LogP contribution in [0, 0.1) is 0 Å².